The third-order valence-corrected chi connectivity index (χ3v) is 2.98. The minimum Gasteiger partial charge on any atom is -0.365 e. The maximum absolute atomic E-state index is 4.24. The molecule has 1 heterocycles. The Bertz CT molecular complexity index is 278. The maximum atomic E-state index is 4.24. The fraction of sp³-hybridized carbons (Fsp3) is 0.600. The first-order valence-corrected chi connectivity index (χ1v) is 6.01. The predicted octanol–water partition coefficient (Wildman–Crippen LogP) is 2.34. The molecule has 4 heteroatoms. The summed E-state index contributed by atoms with van der Waals surface area (Å²) in [6.07, 6.45) is 3.43. The van der Waals surface area contributed by atoms with Crippen LogP contribution in [0.2, 0.25) is 0 Å². The molecule has 1 unspecified atom stereocenters. The van der Waals surface area contributed by atoms with E-state index in [0.29, 0.717) is 6.04 Å². The second kappa shape index (κ2) is 5.86. The van der Waals surface area contributed by atoms with Crippen molar-refractivity contribution in [2.45, 2.75) is 26.8 Å². The van der Waals surface area contributed by atoms with E-state index in [1.54, 1.807) is 12.4 Å². The lowest BCUT2D eigenvalue weighted by molar-refractivity contribution is 0.891. The molecule has 1 rings (SSSR count). The Kier molecular flexibility index (Phi) is 4.73. The van der Waals surface area contributed by atoms with Gasteiger partial charge in [-0.25, -0.2) is 4.98 Å². The van der Waals surface area contributed by atoms with Crippen LogP contribution in [-0.2, 0) is 0 Å². The lowest BCUT2D eigenvalue weighted by Crippen LogP contribution is -2.19. The first-order chi connectivity index (χ1) is 6.74. The highest BCUT2D eigenvalue weighted by Gasteiger charge is 2.04. The highest BCUT2D eigenvalue weighted by Crippen LogP contribution is 2.10. The largest absolute Gasteiger partial charge is 0.365 e. The zero-order valence-electron chi connectivity index (χ0n) is 8.95. The van der Waals surface area contributed by atoms with Gasteiger partial charge in [0.2, 0.25) is 0 Å². The van der Waals surface area contributed by atoms with E-state index in [-0.39, 0.29) is 0 Å². The Hall–Kier alpha value is -0.770. The molecule has 0 bridgehead atoms. The number of rotatable bonds is 5. The highest BCUT2D eigenvalue weighted by molar-refractivity contribution is 7.99. The first kappa shape index (κ1) is 11.3. The molecule has 1 atom stereocenters. The van der Waals surface area contributed by atoms with E-state index < -0.39 is 0 Å². The molecule has 0 fully saturated rings. The standard InChI is InChI=1S/C10H17N3S/c1-4-14-7-8(2)13-10-9(3)11-5-6-12-10/h5-6,8H,4,7H2,1-3H3,(H,12,13). The minimum atomic E-state index is 0.440. The molecule has 0 amide bonds. The van der Waals surface area contributed by atoms with Gasteiger partial charge in [0.25, 0.3) is 0 Å². The van der Waals surface area contributed by atoms with Crippen LogP contribution in [0.5, 0.6) is 0 Å². The van der Waals surface area contributed by atoms with Gasteiger partial charge < -0.3 is 5.32 Å². The third kappa shape index (κ3) is 3.54. The lowest BCUT2D eigenvalue weighted by atomic mass is 10.3. The zero-order valence-corrected chi connectivity index (χ0v) is 9.77. The average molecular weight is 211 g/mol. The topological polar surface area (TPSA) is 37.8 Å². The summed E-state index contributed by atoms with van der Waals surface area (Å²) >= 11 is 1.93. The molecule has 0 saturated heterocycles. The molecule has 0 aliphatic rings. The molecular formula is C10H17N3S. The zero-order chi connectivity index (χ0) is 10.4. The minimum absolute atomic E-state index is 0.440. The van der Waals surface area contributed by atoms with Gasteiger partial charge in [-0.05, 0) is 19.6 Å². The van der Waals surface area contributed by atoms with Crippen LogP contribution in [0.4, 0.5) is 5.82 Å². The van der Waals surface area contributed by atoms with Crippen LogP contribution >= 0.6 is 11.8 Å². The summed E-state index contributed by atoms with van der Waals surface area (Å²) in [7, 11) is 0. The van der Waals surface area contributed by atoms with E-state index in [0.717, 1.165) is 23.0 Å². The molecule has 14 heavy (non-hydrogen) atoms. The van der Waals surface area contributed by atoms with Crippen LogP contribution in [0.15, 0.2) is 12.4 Å². The van der Waals surface area contributed by atoms with Crippen LogP contribution in [-0.4, -0.2) is 27.5 Å². The van der Waals surface area contributed by atoms with Crippen molar-refractivity contribution in [1.82, 2.24) is 9.97 Å². The highest BCUT2D eigenvalue weighted by atomic mass is 32.2. The van der Waals surface area contributed by atoms with E-state index in [1.165, 1.54) is 0 Å². The molecule has 0 aliphatic heterocycles. The second-order valence-corrected chi connectivity index (χ2v) is 4.51. The summed E-state index contributed by atoms with van der Waals surface area (Å²) in [5, 5.41) is 3.35. The number of aryl methyl sites for hydroxylation is 1. The van der Waals surface area contributed by atoms with Gasteiger partial charge in [0.15, 0.2) is 0 Å². The second-order valence-electron chi connectivity index (χ2n) is 3.20. The predicted molar refractivity (Wildman–Crippen MR) is 62.9 cm³/mol. The molecule has 1 aromatic rings. The molecule has 78 valence electrons. The molecule has 1 aromatic heterocycles. The molecular weight excluding hydrogens is 194 g/mol. The number of anilines is 1. The molecule has 0 aromatic carbocycles. The van der Waals surface area contributed by atoms with Crippen molar-refractivity contribution < 1.29 is 0 Å². The van der Waals surface area contributed by atoms with Crippen molar-refractivity contribution in [2.75, 3.05) is 16.8 Å². The summed E-state index contributed by atoms with van der Waals surface area (Å²) < 4.78 is 0. The summed E-state index contributed by atoms with van der Waals surface area (Å²) in [6.45, 7) is 6.30. The van der Waals surface area contributed by atoms with Crippen LogP contribution in [0.25, 0.3) is 0 Å². The third-order valence-electron chi connectivity index (χ3n) is 1.84. The van der Waals surface area contributed by atoms with Gasteiger partial charge in [0.05, 0.1) is 5.69 Å². The summed E-state index contributed by atoms with van der Waals surface area (Å²) in [4.78, 5) is 8.42. The van der Waals surface area contributed by atoms with Crippen molar-refractivity contribution in [3.63, 3.8) is 0 Å². The van der Waals surface area contributed by atoms with Crippen LogP contribution in [0.3, 0.4) is 0 Å². The molecule has 0 radical (unpaired) electrons. The summed E-state index contributed by atoms with van der Waals surface area (Å²) in [6, 6.07) is 0.440. The molecule has 0 aliphatic carbocycles. The Morgan fingerprint density at radius 3 is 2.79 bits per heavy atom. The van der Waals surface area contributed by atoms with Crippen molar-refractivity contribution in [3.8, 4) is 0 Å². The number of aromatic nitrogens is 2. The van der Waals surface area contributed by atoms with E-state index in [2.05, 4.69) is 29.1 Å². The maximum Gasteiger partial charge on any atom is 0.147 e. The van der Waals surface area contributed by atoms with Crippen LogP contribution in [0.1, 0.15) is 19.5 Å². The first-order valence-electron chi connectivity index (χ1n) is 4.86. The number of hydrogen-bond acceptors (Lipinski definition) is 4. The summed E-state index contributed by atoms with van der Waals surface area (Å²) in [5.41, 5.74) is 0.959. The van der Waals surface area contributed by atoms with Crippen molar-refractivity contribution in [3.05, 3.63) is 18.1 Å². The van der Waals surface area contributed by atoms with Crippen LogP contribution in [0, 0.1) is 6.92 Å². The SMILES string of the molecule is CCSCC(C)Nc1nccnc1C. The molecule has 0 spiro atoms. The van der Waals surface area contributed by atoms with Gasteiger partial charge >= 0.3 is 0 Å². The van der Waals surface area contributed by atoms with E-state index in [1.807, 2.05) is 18.7 Å². The van der Waals surface area contributed by atoms with Crippen molar-refractivity contribution >= 4 is 17.6 Å². The quantitative estimate of drug-likeness (QED) is 0.811. The van der Waals surface area contributed by atoms with Gasteiger partial charge in [-0.2, -0.15) is 11.8 Å². The molecule has 1 N–H and O–H groups in total. The fourth-order valence-corrected chi connectivity index (χ4v) is 1.79. The van der Waals surface area contributed by atoms with Crippen molar-refractivity contribution in [1.29, 1.82) is 0 Å². The van der Waals surface area contributed by atoms with Gasteiger partial charge in [-0.15, -0.1) is 0 Å². The Labute approximate surface area is 89.7 Å². The number of thioether (sulfide) groups is 1. The Balaban J connectivity index is 2.47. The van der Waals surface area contributed by atoms with Gasteiger partial charge in [0.1, 0.15) is 5.82 Å². The van der Waals surface area contributed by atoms with Gasteiger partial charge in [0, 0.05) is 24.2 Å². The number of nitrogens with zero attached hydrogens (tertiary/aromatic N) is 2. The van der Waals surface area contributed by atoms with E-state index in [9.17, 15) is 0 Å². The number of nitrogens with one attached hydrogen (secondary N) is 1. The van der Waals surface area contributed by atoms with Crippen LogP contribution < -0.4 is 5.32 Å². The molecule has 0 saturated carbocycles. The molecule has 3 nitrogen and oxygen atoms in total. The van der Waals surface area contributed by atoms with Gasteiger partial charge in [-0.3, -0.25) is 4.98 Å². The van der Waals surface area contributed by atoms with E-state index in [4.69, 9.17) is 0 Å². The Morgan fingerprint density at radius 1 is 1.43 bits per heavy atom. The monoisotopic (exact) mass is 211 g/mol. The summed E-state index contributed by atoms with van der Waals surface area (Å²) in [5.74, 6) is 3.16. The normalized spacial score (nSPS) is 12.5. The average Bonchev–Trinajstić information content (AvgIpc) is 2.18. The number of hydrogen-bond donors (Lipinski definition) is 1. The lowest BCUT2D eigenvalue weighted by Gasteiger charge is -2.14. The van der Waals surface area contributed by atoms with Gasteiger partial charge in [-0.1, -0.05) is 6.92 Å². The van der Waals surface area contributed by atoms with Crippen molar-refractivity contribution in [2.24, 2.45) is 0 Å². The van der Waals surface area contributed by atoms with E-state index >= 15 is 0 Å². The fourth-order valence-electron chi connectivity index (χ4n) is 1.12. The Morgan fingerprint density at radius 2 is 2.14 bits per heavy atom. The smallest absolute Gasteiger partial charge is 0.147 e.